The number of para-hydroxylation sites is 1. The van der Waals surface area contributed by atoms with Gasteiger partial charge in [-0.15, -0.1) is 0 Å². The maximum atomic E-state index is 13.3. The molecule has 1 amide bonds. The number of sulfonamides is 1. The standard InChI is InChI=1S/C30H26ClNO5S/c1-19-17-22(18-20(2)28(19)31)36-16-8-13-25-24-12-5-6-14-26(24)37-29(25)30(33)32-38(34,35)27-15-7-10-21-9-3-4-11-23(21)27/h3-7,9-12,14-15,17-18H,8,13,16H2,1-2H3,(H,32,33). The number of benzene rings is 4. The van der Waals surface area contributed by atoms with E-state index < -0.39 is 15.9 Å². The summed E-state index contributed by atoms with van der Waals surface area (Å²) in [7, 11) is -4.16. The van der Waals surface area contributed by atoms with Gasteiger partial charge in [0.15, 0.2) is 5.76 Å². The lowest BCUT2D eigenvalue weighted by atomic mass is 10.1. The van der Waals surface area contributed by atoms with Crippen LogP contribution in [0.3, 0.4) is 0 Å². The number of furan rings is 1. The van der Waals surface area contributed by atoms with Gasteiger partial charge in [-0.05, 0) is 67.5 Å². The van der Waals surface area contributed by atoms with E-state index in [1.165, 1.54) is 6.07 Å². The molecule has 0 unspecified atom stereocenters. The molecule has 0 fully saturated rings. The average molecular weight is 548 g/mol. The molecule has 0 aliphatic rings. The molecule has 0 radical (unpaired) electrons. The van der Waals surface area contributed by atoms with Crippen LogP contribution in [0.5, 0.6) is 5.75 Å². The molecule has 5 aromatic rings. The van der Waals surface area contributed by atoms with Gasteiger partial charge in [0, 0.05) is 21.4 Å². The lowest BCUT2D eigenvalue weighted by Gasteiger charge is -2.11. The van der Waals surface area contributed by atoms with E-state index in [2.05, 4.69) is 4.72 Å². The minimum Gasteiger partial charge on any atom is -0.494 e. The van der Waals surface area contributed by atoms with Crippen molar-refractivity contribution in [2.75, 3.05) is 6.61 Å². The fourth-order valence-corrected chi connectivity index (χ4v) is 5.90. The molecule has 4 aromatic carbocycles. The number of carbonyl (C=O) groups is 1. The first kappa shape index (κ1) is 25.8. The number of hydrogen-bond acceptors (Lipinski definition) is 5. The van der Waals surface area contributed by atoms with Crippen molar-refractivity contribution in [1.29, 1.82) is 0 Å². The molecule has 1 N–H and O–H groups in total. The smallest absolute Gasteiger partial charge is 0.301 e. The second-order valence-electron chi connectivity index (χ2n) is 9.14. The highest BCUT2D eigenvalue weighted by molar-refractivity contribution is 7.90. The van der Waals surface area contributed by atoms with Gasteiger partial charge in [0.2, 0.25) is 0 Å². The summed E-state index contributed by atoms with van der Waals surface area (Å²) in [6.07, 6.45) is 1.04. The molecule has 5 rings (SSSR count). The molecule has 38 heavy (non-hydrogen) atoms. The first-order chi connectivity index (χ1) is 18.2. The number of carbonyl (C=O) groups excluding carboxylic acids is 1. The fraction of sp³-hybridized carbons (Fsp3) is 0.167. The Morgan fingerprint density at radius 3 is 2.34 bits per heavy atom. The molecule has 0 saturated carbocycles. The van der Waals surface area contributed by atoms with Gasteiger partial charge in [0.1, 0.15) is 11.3 Å². The SMILES string of the molecule is Cc1cc(OCCCc2c(C(=O)NS(=O)(=O)c3cccc4ccccc34)oc3ccccc23)cc(C)c1Cl. The van der Waals surface area contributed by atoms with Crippen molar-refractivity contribution in [2.45, 2.75) is 31.6 Å². The van der Waals surface area contributed by atoms with Crippen LogP contribution >= 0.6 is 11.6 Å². The van der Waals surface area contributed by atoms with E-state index in [0.717, 1.165) is 32.7 Å². The first-order valence-corrected chi connectivity index (χ1v) is 14.1. The van der Waals surface area contributed by atoms with Gasteiger partial charge in [0.25, 0.3) is 10.0 Å². The highest BCUT2D eigenvalue weighted by atomic mass is 35.5. The van der Waals surface area contributed by atoms with Gasteiger partial charge in [-0.2, -0.15) is 0 Å². The molecule has 0 atom stereocenters. The van der Waals surface area contributed by atoms with E-state index in [0.29, 0.717) is 36.0 Å². The predicted octanol–water partition coefficient (Wildman–Crippen LogP) is 6.99. The van der Waals surface area contributed by atoms with Gasteiger partial charge in [-0.3, -0.25) is 4.79 Å². The maximum absolute atomic E-state index is 13.3. The molecular formula is C30H26ClNO5S. The zero-order valence-electron chi connectivity index (χ0n) is 21.0. The van der Waals surface area contributed by atoms with Gasteiger partial charge in [0.05, 0.1) is 11.5 Å². The van der Waals surface area contributed by atoms with E-state index in [9.17, 15) is 13.2 Å². The van der Waals surface area contributed by atoms with Crippen LogP contribution in [0.25, 0.3) is 21.7 Å². The summed E-state index contributed by atoms with van der Waals surface area (Å²) in [4.78, 5) is 13.3. The lowest BCUT2D eigenvalue weighted by molar-refractivity contribution is 0.0955. The number of aryl methyl sites for hydroxylation is 3. The van der Waals surface area contributed by atoms with Crippen molar-refractivity contribution in [3.05, 3.63) is 106 Å². The van der Waals surface area contributed by atoms with Gasteiger partial charge >= 0.3 is 5.91 Å². The molecule has 8 heteroatoms. The Balaban J connectivity index is 1.37. The molecule has 0 bridgehead atoms. The molecule has 0 aliphatic heterocycles. The minimum atomic E-state index is -4.16. The van der Waals surface area contributed by atoms with Gasteiger partial charge < -0.3 is 9.15 Å². The zero-order chi connectivity index (χ0) is 26.9. The molecular weight excluding hydrogens is 522 g/mol. The van der Waals surface area contributed by atoms with Gasteiger partial charge in [-0.1, -0.05) is 66.2 Å². The molecule has 194 valence electrons. The van der Waals surface area contributed by atoms with Crippen LogP contribution in [0.15, 0.2) is 88.2 Å². The molecule has 0 saturated heterocycles. The van der Waals surface area contributed by atoms with Crippen LogP contribution in [0.1, 0.15) is 33.7 Å². The highest BCUT2D eigenvalue weighted by Gasteiger charge is 2.26. The number of hydrogen-bond donors (Lipinski definition) is 1. The van der Waals surface area contributed by atoms with Gasteiger partial charge in [-0.25, -0.2) is 13.1 Å². The summed E-state index contributed by atoms with van der Waals surface area (Å²) in [5.41, 5.74) is 3.03. The van der Waals surface area contributed by atoms with Crippen molar-refractivity contribution in [1.82, 2.24) is 4.72 Å². The largest absolute Gasteiger partial charge is 0.494 e. The Bertz CT molecular complexity index is 1750. The fourth-order valence-electron chi connectivity index (χ4n) is 4.61. The Morgan fingerprint density at radius 2 is 1.58 bits per heavy atom. The van der Waals surface area contributed by atoms with Crippen molar-refractivity contribution < 1.29 is 22.4 Å². The third kappa shape index (κ3) is 5.12. The van der Waals surface area contributed by atoms with Crippen molar-refractivity contribution >= 4 is 49.3 Å². The summed E-state index contributed by atoms with van der Waals surface area (Å²) in [6, 6.07) is 23.1. The third-order valence-corrected chi connectivity index (χ3v) is 8.41. The summed E-state index contributed by atoms with van der Waals surface area (Å²) < 4.78 is 40.5. The normalized spacial score (nSPS) is 11.7. The quantitative estimate of drug-likeness (QED) is 0.212. The van der Waals surface area contributed by atoms with Crippen molar-refractivity contribution in [3.8, 4) is 5.75 Å². The lowest BCUT2D eigenvalue weighted by Crippen LogP contribution is -2.31. The molecule has 1 heterocycles. The average Bonchev–Trinajstić information content (AvgIpc) is 3.28. The summed E-state index contributed by atoms with van der Waals surface area (Å²) in [5.74, 6) is -0.109. The molecule has 1 aromatic heterocycles. The number of ether oxygens (including phenoxy) is 1. The summed E-state index contributed by atoms with van der Waals surface area (Å²) in [5, 5.41) is 2.78. The van der Waals surface area contributed by atoms with E-state index >= 15 is 0 Å². The minimum absolute atomic E-state index is 0.0202. The molecule has 0 aliphatic carbocycles. The number of halogens is 1. The van der Waals surface area contributed by atoms with Crippen LogP contribution in [0, 0.1) is 13.8 Å². The monoisotopic (exact) mass is 547 g/mol. The van der Waals surface area contributed by atoms with E-state index in [1.807, 2.05) is 56.3 Å². The number of fused-ring (bicyclic) bond motifs is 2. The predicted molar refractivity (Wildman–Crippen MR) is 150 cm³/mol. The van der Waals surface area contributed by atoms with Crippen LogP contribution in [0.2, 0.25) is 5.02 Å². The first-order valence-electron chi connectivity index (χ1n) is 12.2. The topological polar surface area (TPSA) is 85.6 Å². The zero-order valence-corrected chi connectivity index (χ0v) is 22.5. The van der Waals surface area contributed by atoms with Crippen molar-refractivity contribution in [3.63, 3.8) is 0 Å². The Kier molecular flexibility index (Phi) is 7.15. The summed E-state index contributed by atoms with van der Waals surface area (Å²) >= 11 is 6.25. The number of nitrogens with one attached hydrogen (secondary N) is 1. The molecule has 0 spiro atoms. The molecule has 6 nitrogen and oxygen atoms in total. The maximum Gasteiger partial charge on any atom is 0.301 e. The number of rotatable bonds is 8. The van der Waals surface area contributed by atoms with E-state index in [4.69, 9.17) is 20.8 Å². The summed E-state index contributed by atoms with van der Waals surface area (Å²) in [6.45, 7) is 4.25. The highest BCUT2D eigenvalue weighted by Crippen LogP contribution is 2.29. The Labute approximate surface area is 226 Å². The van der Waals surface area contributed by atoms with E-state index in [1.54, 1.807) is 30.3 Å². The van der Waals surface area contributed by atoms with Crippen LogP contribution < -0.4 is 9.46 Å². The van der Waals surface area contributed by atoms with Crippen LogP contribution in [-0.4, -0.2) is 20.9 Å². The third-order valence-electron chi connectivity index (χ3n) is 6.42. The van der Waals surface area contributed by atoms with Crippen LogP contribution in [-0.2, 0) is 16.4 Å². The Hall–Kier alpha value is -3.81. The number of amides is 1. The van der Waals surface area contributed by atoms with Crippen molar-refractivity contribution in [2.24, 2.45) is 0 Å². The second kappa shape index (κ2) is 10.5. The second-order valence-corrected chi connectivity index (χ2v) is 11.2. The van der Waals surface area contributed by atoms with E-state index in [-0.39, 0.29) is 10.7 Å². The Morgan fingerprint density at radius 1 is 0.921 bits per heavy atom. The van der Waals surface area contributed by atoms with Crippen LogP contribution in [0.4, 0.5) is 0 Å².